The molecule has 1 atom stereocenters. The molecule has 110 valence electrons. The average molecular weight is 322 g/mol. The van der Waals surface area contributed by atoms with E-state index in [1.165, 1.54) is 5.56 Å². The van der Waals surface area contributed by atoms with Crippen LogP contribution >= 0.6 is 24.8 Å². The van der Waals surface area contributed by atoms with E-state index in [0.717, 1.165) is 17.9 Å². The van der Waals surface area contributed by atoms with E-state index >= 15 is 0 Å². The van der Waals surface area contributed by atoms with Gasteiger partial charge in [-0.05, 0) is 17.7 Å². The van der Waals surface area contributed by atoms with Crippen LogP contribution < -0.4 is 0 Å². The number of benzene rings is 1. The number of hydrogen-bond donors (Lipinski definition) is 1. The first kappa shape index (κ1) is 17.2. The SMILES string of the molecule is Cl.Cl.c1ccc(C(Cc2ncc[nH]2)c2ccccn2)cc1. The van der Waals surface area contributed by atoms with E-state index in [2.05, 4.69) is 45.3 Å². The molecule has 1 unspecified atom stereocenters. The van der Waals surface area contributed by atoms with Crippen LogP contribution in [0, 0.1) is 0 Å². The Kier molecular flexibility index (Phi) is 6.92. The third-order valence-corrected chi connectivity index (χ3v) is 3.20. The topological polar surface area (TPSA) is 41.6 Å². The number of hydrogen-bond acceptors (Lipinski definition) is 2. The number of nitrogens with zero attached hydrogens (tertiary/aromatic N) is 2. The summed E-state index contributed by atoms with van der Waals surface area (Å²) in [5, 5.41) is 0. The van der Waals surface area contributed by atoms with Gasteiger partial charge in [0.1, 0.15) is 5.82 Å². The molecule has 0 bridgehead atoms. The lowest BCUT2D eigenvalue weighted by Crippen LogP contribution is -2.07. The summed E-state index contributed by atoms with van der Waals surface area (Å²) in [4.78, 5) is 12.0. The third-order valence-electron chi connectivity index (χ3n) is 3.20. The summed E-state index contributed by atoms with van der Waals surface area (Å²) >= 11 is 0. The van der Waals surface area contributed by atoms with Gasteiger partial charge in [-0.2, -0.15) is 0 Å². The maximum absolute atomic E-state index is 4.49. The Morgan fingerprint density at radius 2 is 1.62 bits per heavy atom. The number of halogens is 2. The van der Waals surface area contributed by atoms with E-state index in [4.69, 9.17) is 0 Å². The molecule has 2 heterocycles. The number of aromatic amines is 1. The molecule has 2 aromatic heterocycles. The number of aromatic nitrogens is 3. The molecule has 0 aliphatic carbocycles. The second kappa shape index (κ2) is 8.45. The van der Waals surface area contributed by atoms with Crippen LogP contribution in [0.25, 0.3) is 0 Å². The van der Waals surface area contributed by atoms with Crippen LogP contribution in [0.3, 0.4) is 0 Å². The second-order valence-electron chi connectivity index (χ2n) is 4.46. The molecule has 0 fully saturated rings. The quantitative estimate of drug-likeness (QED) is 0.788. The standard InChI is InChI=1S/C16H15N3.2ClH/c1-2-6-13(7-3-1)14(12-16-18-10-11-19-16)15-8-4-5-9-17-15;;/h1-11,14H,12H2,(H,18,19);2*1H. The molecule has 3 rings (SSSR count). The van der Waals surface area contributed by atoms with Gasteiger partial charge in [0.25, 0.3) is 0 Å². The lowest BCUT2D eigenvalue weighted by atomic mass is 9.92. The summed E-state index contributed by atoms with van der Waals surface area (Å²) < 4.78 is 0. The summed E-state index contributed by atoms with van der Waals surface area (Å²) in [6.45, 7) is 0. The van der Waals surface area contributed by atoms with Gasteiger partial charge in [-0.1, -0.05) is 36.4 Å². The van der Waals surface area contributed by atoms with E-state index < -0.39 is 0 Å². The number of nitrogens with one attached hydrogen (secondary N) is 1. The Morgan fingerprint density at radius 1 is 0.857 bits per heavy atom. The highest BCUT2D eigenvalue weighted by atomic mass is 35.5. The van der Waals surface area contributed by atoms with Crippen molar-refractivity contribution in [3.05, 3.63) is 84.2 Å². The minimum Gasteiger partial charge on any atom is -0.349 e. The van der Waals surface area contributed by atoms with Gasteiger partial charge in [-0.3, -0.25) is 4.98 Å². The first-order valence-corrected chi connectivity index (χ1v) is 6.37. The van der Waals surface area contributed by atoms with Crippen LogP contribution in [0.1, 0.15) is 23.0 Å². The Labute approximate surface area is 136 Å². The minimum absolute atomic E-state index is 0. The van der Waals surface area contributed by atoms with Crippen LogP contribution in [-0.2, 0) is 6.42 Å². The maximum Gasteiger partial charge on any atom is 0.107 e. The van der Waals surface area contributed by atoms with Crippen molar-refractivity contribution < 1.29 is 0 Å². The molecule has 0 aliphatic heterocycles. The molecule has 0 saturated carbocycles. The molecule has 0 aliphatic rings. The predicted octanol–water partition coefficient (Wildman–Crippen LogP) is 4.02. The monoisotopic (exact) mass is 321 g/mol. The van der Waals surface area contributed by atoms with Crippen LogP contribution in [0.5, 0.6) is 0 Å². The van der Waals surface area contributed by atoms with Gasteiger partial charge in [0.2, 0.25) is 0 Å². The molecule has 3 nitrogen and oxygen atoms in total. The largest absolute Gasteiger partial charge is 0.349 e. The van der Waals surface area contributed by atoms with Crippen LogP contribution in [0.4, 0.5) is 0 Å². The molecule has 0 amide bonds. The second-order valence-corrected chi connectivity index (χ2v) is 4.46. The van der Waals surface area contributed by atoms with Crippen molar-refractivity contribution in [1.29, 1.82) is 0 Å². The first-order chi connectivity index (χ1) is 9.43. The zero-order chi connectivity index (χ0) is 12.9. The third kappa shape index (κ3) is 4.31. The molecule has 1 aromatic carbocycles. The van der Waals surface area contributed by atoms with Gasteiger partial charge < -0.3 is 4.98 Å². The molecular weight excluding hydrogens is 305 g/mol. The molecule has 3 aromatic rings. The van der Waals surface area contributed by atoms with Gasteiger partial charge in [0, 0.05) is 36.6 Å². The molecular formula is C16H17Cl2N3. The fourth-order valence-electron chi connectivity index (χ4n) is 2.26. The summed E-state index contributed by atoms with van der Waals surface area (Å²) in [5.41, 5.74) is 2.34. The molecule has 0 saturated heterocycles. The smallest absolute Gasteiger partial charge is 0.107 e. The van der Waals surface area contributed by atoms with Crippen molar-refractivity contribution in [2.24, 2.45) is 0 Å². The zero-order valence-corrected chi connectivity index (χ0v) is 13.0. The van der Waals surface area contributed by atoms with Crippen LogP contribution in [0.15, 0.2) is 67.1 Å². The van der Waals surface area contributed by atoms with Crippen molar-refractivity contribution in [2.75, 3.05) is 0 Å². The normalized spacial score (nSPS) is 11.0. The molecule has 0 spiro atoms. The van der Waals surface area contributed by atoms with Crippen LogP contribution in [-0.4, -0.2) is 15.0 Å². The van der Waals surface area contributed by atoms with Crippen molar-refractivity contribution in [2.45, 2.75) is 12.3 Å². The minimum atomic E-state index is 0. The summed E-state index contributed by atoms with van der Waals surface area (Å²) in [6, 6.07) is 16.5. The van der Waals surface area contributed by atoms with Gasteiger partial charge in [-0.15, -0.1) is 24.8 Å². The van der Waals surface area contributed by atoms with Crippen molar-refractivity contribution in [3.8, 4) is 0 Å². The number of imidazole rings is 1. The summed E-state index contributed by atoms with van der Waals surface area (Å²) in [6.07, 6.45) is 6.31. The highest BCUT2D eigenvalue weighted by molar-refractivity contribution is 5.85. The number of H-pyrrole nitrogens is 1. The van der Waals surface area contributed by atoms with Gasteiger partial charge in [-0.25, -0.2) is 4.98 Å². The highest BCUT2D eigenvalue weighted by Gasteiger charge is 2.16. The number of pyridine rings is 1. The maximum atomic E-state index is 4.49. The zero-order valence-electron chi connectivity index (χ0n) is 11.3. The molecule has 1 N–H and O–H groups in total. The molecule has 5 heteroatoms. The van der Waals surface area contributed by atoms with E-state index in [-0.39, 0.29) is 30.7 Å². The van der Waals surface area contributed by atoms with Gasteiger partial charge in [0.05, 0.1) is 0 Å². The average Bonchev–Trinajstić information content (AvgIpc) is 3.00. The van der Waals surface area contributed by atoms with E-state index in [1.54, 1.807) is 6.20 Å². The van der Waals surface area contributed by atoms with E-state index in [0.29, 0.717) is 0 Å². The Bertz CT molecular complexity index is 573. The lowest BCUT2D eigenvalue weighted by molar-refractivity contribution is 0.741. The van der Waals surface area contributed by atoms with Crippen molar-refractivity contribution in [3.63, 3.8) is 0 Å². The van der Waals surface area contributed by atoms with E-state index in [9.17, 15) is 0 Å². The first-order valence-electron chi connectivity index (χ1n) is 6.37. The lowest BCUT2D eigenvalue weighted by Gasteiger charge is -2.15. The van der Waals surface area contributed by atoms with Crippen LogP contribution in [0.2, 0.25) is 0 Å². The van der Waals surface area contributed by atoms with Gasteiger partial charge in [0.15, 0.2) is 0 Å². The Morgan fingerprint density at radius 3 is 2.24 bits per heavy atom. The van der Waals surface area contributed by atoms with Gasteiger partial charge >= 0.3 is 0 Å². The van der Waals surface area contributed by atoms with Crippen molar-refractivity contribution in [1.82, 2.24) is 15.0 Å². The molecule has 21 heavy (non-hydrogen) atoms. The summed E-state index contributed by atoms with van der Waals surface area (Å²) in [5.74, 6) is 1.22. The van der Waals surface area contributed by atoms with E-state index in [1.807, 2.05) is 30.6 Å². The fraction of sp³-hybridized carbons (Fsp3) is 0.125. The predicted molar refractivity (Wildman–Crippen MR) is 89.3 cm³/mol. The highest BCUT2D eigenvalue weighted by Crippen LogP contribution is 2.25. The Hall–Kier alpha value is -1.84. The Balaban J connectivity index is 0.00000110. The summed E-state index contributed by atoms with van der Waals surface area (Å²) in [7, 11) is 0. The number of rotatable bonds is 4. The fourth-order valence-corrected chi connectivity index (χ4v) is 2.26. The van der Waals surface area contributed by atoms with Crippen molar-refractivity contribution >= 4 is 24.8 Å². The molecule has 0 radical (unpaired) electrons.